The molecule has 0 aliphatic heterocycles. The summed E-state index contributed by atoms with van der Waals surface area (Å²) in [6.45, 7) is 0. The van der Waals surface area contributed by atoms with Gasteiger partial charge in [0.05, 0.1) is 17.8 Å². The van der Waals surface area contributed by atoms with Gasteiger partial charge in [0.2, 0.25) is 0 Å². The Morgan fingerprint density at radius 1 is 0.419 bits per heavy atom. The summed E-state index contributed by atoms with van der Waals surface area (Å²) in [5, 5.41) is 1.72. The lowest BCUT2D eigenvalue weighted by Gasteiger charge is -2.18. The monoisotopic (exact) mass is 559 g/mol. The third-order valence-corrected chi connectivity index (χ3v) is 7.81. The second-order valence-electron chi connectivity index (χ2n) is 10.2. The molecule has 0 spiro atoms. The van der Waals surface area contributed by atoms with Gasteiger partial charge in [0.25, 0.3) is 0 Å². The number of benzene rings is 8. The van der Waals surface area contributed by atoms with Crippen molar-refractivity contribution in [2.75, 3.05) is 0 Å². The van der Waals surface area contributed by atoms with Crippen molar-refractivity contribution in [3.05, 3.63) is 157 Å². The minimum absolute atomic E-state index is 0.0130. The quantitative estimate of drug-likeness (QED) is 0.196. The van der Waals surface area contributed by atoms with Crippen molar-refractivity contribution in [3.8, 4) is 33.4 Å². The third kappa shape index (κ3) is 3.72. The zero-order valence-electron chi connectivity index (χ0n) is 35.4. The van der Waals surface area contributed by atoms with Gasteiger partial charge in [-0.3, -0.25) is 0 Å². The highest BCUT2D eigenvalue weighted by atomic mass is 16.3. The van der Waals surface area contributed by atoms with Gasteiger partial charge in [-0.2, -0.15) is 0 Å². The maximum Gasteiger partial charge on any atom is 0.143 e. The molecule has 0 radical (unpaired) electrons. The summed E-state index contributed by atoms with van der Waals surface area (Å²) >= 11 is 0. The molecule has 0 saturated carbocycles. The van der Waals surface area contributed by atoms with Gasteiger partial charge < -0.3 is 4.42 Å². The van der Waals surface area contributed by atoms with E-state index in [1.807, 2.05) is 6.07 Å². The van der Waals surface area contributed by atoms with E-state index in [1.54, 1.807) is 72.8 Å². The lowest BCUT2D eigenvalue weighted by Crippen LogP contribution is -1.91. The van der Waals surface area contributed by atoms with Crippen LogP contribution in [0.3, 0.4) is 0 Å². The van der Waals surface area contributed by atoms with E-state index in [-0.39, 0.29) is 73.6 Å². The Hall–Kier alpha value is -5.66. The van der Waals surface area contributed by atoms with Crippen molar-refractivity contribution in [1.82, 2.24) is 0 Å². The van der Waals surface area contributed by atoms with Gasteiger partial charge >= 0.3 is 0 Å². The Morgan fingerprint density at radius 3 is 1.74 bits per heavy atom. The summed E-state index contributed by atoms with van der Waals surface area (Å²) in [5.74, 6) is 0. The lowest BCUT2D eigenvalue weighted by atomic mass is 9.84. The van der Waals surface area contributed by atoms with Crippen molar-refractivity contribution in [2.45, 2.75) is 0 Å². The molecule has 1 aromatic heterocycles. The Kier molecular flexibility index (Phi) is 3.18. The van der Waals surface area contributed by atoms with Crippen LogP contribution in [0.25, 0.3) is 87.6 Å². The van der Waals surface area contributed by atoms with E-state index in [4.69, 9.17) is 16.8 Å². The van der Waals surface area contributed by atoms with Gasteiger partial charge in [-0.15, -0.1) is 0 Å². The normalized spacial score (nSPS) is 16.0. The zero-order chi connectivity index (χ0) is 39.6. The van der Waals surface area contributed by atoms with Gasteiger partial charge in [-0.1, -0.05) is 133 Å². The SMILES string of the molecule is [2H]c1c([2H])c([2H])c2c(oc3c(-c4ccccc4)c([2H])c(-c4c5ccccc5c(-c5c([2H])c([2H])c6c([2H])c([2H])c([2H])c([2H])c6c5[2H])c5ccccc45)c([2H])c32)c1[2H]. The number of hydrogen-bond acceptors (Lipinski definition) is 1. The summed E-state index contributed by atoms with van der Waals surface area (Å²) in [6, 6.07) is 17.7. The van der Waals surface area contributed by atoms with Gasteiger partial charge in [0, 0.05) is 16.3 Å². The van der Waals surface area contributed by atoms with Gasteiger partial charge in [0.1, 0.15) is 11.2 Å². The molecule has 1 heteroatoms. The summed E-state index contributed by atoms with van der Waals surface area (Å²) in [4.78, 5) is 0. The molecule has 1 heterocycles. The van der Waals surface area contributed by atoms with Crippen LogP contribution >= 0.6 is 0 Å². The smallest absolute Gasteiger partial charge is 0.143 e. The lowest BCUT2D eigenvalue weighted by molar-refractivity contribution is 0.670. The average Bonchev–Trinajstić information content (AvgIpc) is 3.60. The average molecular weight is 560 g/mol. The van der Waals surface area contributed by atoms with Crippen molar-refractivity contribution >= 4 is 54.3 Å². The van der Waals surface area contributed by atoms with E-state index in [9.17, 15) is 5.48 Å². The predicted octanol–water partition coefficient (Wildman–Crippen LogP) is 12.0. The van der Waals surface area contributed by atoms with Crippen LogP contribution in [-0.2, 0) is 0 Å². The predicted molar refractivity (Wildman–Crippen MR) is 183 cm³/mol. The molecule has 0 unspecified atom stereocenters. The standard InChI is InChI=1S/C42H26O/c1-2-13-28(14-3-1)37-25-31(26-38-32-16-10-11-21-39(32)43-42(37)38)41-35-19-8-6-17-33(35)40(34-18-7-9-20-36(34)41)30-23-22-27-12-4-5-15-29(27)24-30/h1-26H/i4D,5D,10D,11D,12D,15D,16D,21D,22D,23D,24D,25D,26D. The van der Waals surface area contributed by atoms with Crippen molar-refractivity contribution in [3.63, 3.8) is 0 Å². The van der Waals surface area contributed by atoms with E-state index >= 15 is 0 Å². The van der Waals surface area contributed by atoms with E-state index < -0.39 is 54.4 Å². The second kappa shape index (κ2) is 9.44. The molecule has 0 aliphatic rings. The number of furan rings is 1. The Morgan fingerprint density at radius 2 is 1.02 bits per heavy atom. The van der Waals surface area contributed by atoms with Gasteiger partial charge in [-0.05, 0) is 84.3 Å². The first-order valence-electron chi connectivity index (χ1n) is 20.2. The van der Waals surface area contributed by atoms with Crippen LogP contribution in [0.2, 0.25) is 0 Å². The molecule has 200 valence electrons. The molecule has 0 amide bonds. The molecule has 8 aromatic carbocycles. The molecule has 0 aliphatic carbocycles. The van der Waals surface area contributed by atoms with Crippen molar-refractivity contribution in [1.29, 1.82) is 0 Å². The van der Waals surface area contributed by atoms with Crippen LogP contribution in [0.4, 0.5) is 0 Å². The first-order chi connectivity index (χ1) is 26.8. The van der Waals surface area contributed by atoms with Crippen molar-refractivity contribution < 1.29 is 22.2 Å². The molecular formula is C42H26O. The molecule has 0 N–H and O–H groups in total. The highest BCUT2D eigenvalue weighted by Gasteiger charge is 2.20. The van der Waals surface area contributed by atoms with E-state index in [1.165, 1.54) is 0 Å². The fraction of sp³-hybridized carbons (Fsp3) is 0. The van der Waals surface area contributed by atoms with E-state index in [2.05, 4.69) is 0 Å². The molecule has 9 aromatic rings. The molecule has 0 saturated heterocycles. The number of rotatable bonds is 3. The Bertz CT molecular complexity index is 3170. The number of hydrogen-bond donors (Lipinski definition) is 0. The fourth-order valence-corrected chi connectivity index (χ4v) is 5.96. The Balaban J connectivity index is 1.51. The first kappa shape index (κ1) is 14.5. The highest BCUT2D eigenvalue weighted by molar-refractivity contribution is 6.23. The summed E-state index contributed by atoms with van der Waals surface area (Å²) in [7, 11) is 0. The van der Waals surface area contributed by atoms with E-state index in [0.717, 1.165) is 0 Å². The molecule has 9 rings (SSSR count). The molecule has 0 atom stereocenters. The zero-order valence-corrected chi connectivity index (χ0v) is 22.4. The molecule has 0 fully saturated rings. The number of para-hydroxylation sites is 1. The van der Waals surface area contributed by atoms with Crippen LogP contribution in [0.1, 0.15) is 17.8 Å². The molecule has 1 nitrogen and oxygen atoms in total. The minimum Gasteiger partial charge on any atom is -0.455 e. The fourth-order valence-electron chi connectivity index (χ4n) is 5.96. The van der Waals surface area contributed by atoms with E-state index in [0.29, 0.717) is 38.2 Å². The van der Waals surface area contributed by atoms with Crippen LogP contribution in [0.5, 0.6) is 0 Å². The van der Waals surface area contributed by atoms with Crippen LogP contribution in [0.15, 0.2) is 162 Å². The minimum atomic E-state index is -0.562. The molecule has 43 heavy (non-hydrogen) atoms. The van der Waals surface area contributed by atoms with Crippen LogP contribution in [0, 0.1) is 0 Å². The Labute approximate surface area is 267 Å². The maximum absolute atomic E-state index is 9.84. The number of fused-ring (bicyclic) bond motifs is 6. The topological polar surface area (TPSA) is 13.1 Å². The highest BCUT2D eigenvalue weighted by Crippen LogP contribution is 2.46. The largest absolute Gasteiger partial charge is 0.455 e. The summed E-state index contributed by atoms with van der Waals surface area (Å²) in [5.41, 5.74) is 1.72. The first-order valence-corrected chi connectivity index (χ1v) is 13.7. The summed E-state index contributed by atoms with van der Waals surface area (Å²) in [6.07, 6.45) is 0. The molecular weight excluding hydrogens is 520 g/mol. The van der Waals surface area contributed by atoms with Crippen molar-refractivity contribution in [2.24, 2.45) is 0 Å². The summed E-state index contributed by atoms with van der Waals surface area (Å²) < 4.78 is 122. The second-order valence-corrected chi connectivity index (χ2v) is 10.2. The van der Waals surface area contributed by atoms with Crippen LogP contribution < -0.4 is 0 Å². The van der Waals surface area contributed by atoms with Gasteiger partial charge in [-0.25, -0.2) is 0 Å². The van der Waals surface area contributed by atoms with Crippen LogP contribution in [-0.4, -0.2) is 0 Å². The van der Waals surface area contributed by atoms with Gasteiger partial charge in [0.15, 0.2) is 0 Å². The maximum atomic E-state index is 9.84. The molecule has 0 bridgehead atoms. The third-order valence-electron chi connectivity index (χ3n) is 7.81.